The fourth-order valence-electron chi connectivity index (χ4n) is 2.77. The molecular formula is C23H22O4S. The summed E-state index contributed by atoms with van der Waals surface area (Å²) in [7, 11) is 0. The lowest BCUT2D eigenvalue weighted by atomic mass is 10.1. The number of carboxylic acids is 1. The lowest BCUT2D eigenvalue weighted by molar-refractivity contribution is -0.130. The van der Waals surface area contributed by atoms with Crippen LogP contribution in [0, 0.1) is 13.8 Å². The van der Waals surface area contributed by atoms with Crippen molar-refractivity contribution in [2.24, 2.45) is 0 Å². The summed E-state index contributed by atoms with van der Waals surface area (Å²) >= 11 is 1.41. The van der Waals surface area contributed by atoms with Crippen LogP contribution in [0.15, 0.2) is 60.0 Å². The van der Waals surface area contributed by atoms with E-state index in [0.717, 1.165) is 27.5 Å². The third kappa shape index (κ3) is 5.24. The molecule has 0 spiro atoms. The van der Waals surface area contributed by atoms with Crippen molar-refractivity contribution in [3.05, 3.63) is 81.5 Å². The average molecular weight is 394 g/mol. The van der Waals surface area contributed by atoms with Gasteiger partial charge >= 0.3 is 5.97 Å². The number of aryl methyl sites for hydroxylation is 2. The van der Waals surface area contributed by atoms with Gasteiger partial charge in [0.15, 0.2) is 0 Å². The van der Waals surface area contributed by atoms with Crippen LogP contribution < -0.4 is 9.47 Å². The third-order valence-corrected chi connectivity index (χ3v) is 5.05. The number of benzene rings is 2. The normalized spacial score (nSPS) is 11.3. The molecule has 3 aromatic rings. The fourth-order valence-corrected chi connectivity index (χ4v) is 3.50. The molecule has 0 amide bonds. The molecule has 0 aliphatic rings. The van der Waals surface area contributed by atoms with Crippen molar-refractivity contribution < 1.29 is 19.4 Å². The SMILES string of the molecule is Cc1ccc(OCCOc2ccc(/C=C(\C(=O)O)c3cccs3)cc2)c(C)c1. The molecule has 5 heteroatoms. The predicted molar refractivity (Wildman–Crippen MR) is 113 cm³/mol. The zero-order valence-electron chi connectivity index (χ0n) is 15.8. The number of carboxylic acid groups (broad SMARTS) is 1. The summed E-state index contributed by atoms with van der Waals surface area (Å²) in [6.07, 6.45) is 1.67. The van der Waals surface area contributed by atoms with Crippen molar-refractivity contribution in [2.45, 2.75) is 13.8 Å². The van der Waals surface area contributed by atoms with Gasteiger partial charge in [-0.25, -0.2) is 4.79 Å². The minimum absolute atomic E-state index is 0.283. The Morgan fingerprint density at radius 1 is 1.04 bits per heavy atom. The van der Waals surface area contributed by atoms with E-state index in [9.17, 15) is 9.90 Å². The van der Waals surface area contributed by atoms with Crippen LogP contribution in [0.5, 0.6) is 11.5 Å². The predicted octanol–water partition coefficient (Wildman–Crippen LogP) is 5.45. The fraction of sp³-hybridized carbons (Fsp3) is 0.174. The maximum absolute atomic E-state index is 11.5. The van der Waals surface area contributed by atoms with Crippen LogP contribution in [0.2, 0.25) is 0 Å². The average Bonchev–Trinajstić information content (AvgIpc) is 3.20. The minimum Gasteiger partial charge on any atom is -0.490 e. The van der Waals surface area contributed by atoms with E-state index in [-0.39, 0.29) is 5.57 Å². The van der Waals surface area contributed by atoms with Crippen LogP contribution in [0.25, 0.3) is 11.6 Å². The van der Waals surface area contributed by atoms with Gasteiger partial charge in [0.05, 0.1) is 5.57 Å². The zero-order valence-corrected chi connectivity index (χ0v) is 16.7. The molecule has 0 radical (unpaired) electrons. The maximum atomic E-state index is 11.5. The molecular weight excluding hydrogens is 372 g/mol. The molecule has 0 fully saturated rings. The second kappa shape index (κ2) is 9.24. The van der Waals surface area contributed by atoms with Crippen LogP contribution in [0.3, 0.4) is 0 Å². The largest absolute Gasteiger partial charge is 0.490 e. The first-order chi connectivity index (χ1) is 13.5. The number of hydrogen-bond donors (Lipinski definition) is 1. The Morgan fingerprint density at radius 2 is 1.79 bits per heavy atom. The topological polar surface area (TPSA) is 55.8 Å². The van der Waals surface area contributed by atoms with Gasteiger partial charge in [-0.1, -0.05) is 35.9 Å². The first kappa shape index (κ1) is 19.7. The van der Waals surface area contributed by atoms with Gasteiger partial charge in [0.2, 0.25) is 0 Å². The molecule has 3 rings (SSSR count). The van der Waals surface area contributed by atoms with Crippen LogP contribution >= 0.6 is 11.3 Å². The third-order valence-electron chi connectivity index (χ3n) is 4.15. The van der Waals surface area contributed by atoms with Gasteiger partial charge in [0, 0.05) is 4.88 Å². The van der Waals surface area contributed by atoms with Crippen LogP contribution in [0.4, 0.5) is 0 Å². The molecule has 0 saturated carbocycles. The van der Waals surface area contributed by atoms with Crippen LogP contribution in [0.1, 0.15) is 21.6 Å². The second-order valence-corrected chi connectivity index (χ2v) is 7.32. The summed E-state index contributed by atoms with van der Waals surface area (Å²) in [4.78, 5) is 12.2. The zero-order chi connectivity index (χ0) is 19.9. The second-order valence-electron chi connectivity index (χ2n) is 6.38. The van der Waals surface area contributed by atoms with Gasteiger partial charge in [-0.2, -0.15) is 0 Å². The number of ether oxygens (including phenoxy) is 2. The van der Waals surface area contributed by atoms with Crippen molar-refractivity contribution in [2.75, 3.05) is 13.2 Å². The standard InChI is InChI=1S/C23H22O4S/c1-16-5-10-21(17(2)14-16)27-12-11-26-19-8-6-18(7-9-19)15-20(23(24)25)22-4-3-13-28-22/h3-10,13-15H,11-12H2,1-2H3,(H,24,25)/b20-15-. The van der Waals surface area contributed by atoms with Gasteiger partial charge in [-0.3, -0.25) is 0 Å². The van der Waals surface area contributed by atoms with E-state index in [2.05, 4.69) is 13.0 Å². The molecule has 0 unspecified atom stereocenters. The highest BCUT2D eigenvalue weighted by Gasteiger charge is 2.11. The van der Waals surface area contributed by atoms with Crippen LogP contribution in [-0.2, 0) is 4.79 Å². The first-order valence-electron chi connectivity index (χ1n) is 8.95. The molecule has 0 aliphatic carbocycles. The van der Waals surface area contributed by atoms with Crippen LogP contribution in [-0.4, -0.2) is 24.3 Å². The van der Waals surface area contributed by atoms with Gasteiger partial charge in [0.25, 0.3) is 0 Å². The van der Waals surface area contributed by atoms with E-state index < -0.39 is 5.97 Å². The molecule has 1 heterocycles. The summed E-state index contributed by atoms with van der Waals surface area (Å²) in [6.45, 7) is 4.96. The Hall–Kier alpha value is -3.05. The molecule has 0 aliphatic heterocycles. The van der Waals surface area contributed by atoms with Gasteiger partial charge in [-0.15, -0.1) is 11.3 Å². The Balaban J connectivity index is 1.55. The van der Waals surface area contributed by atoms with E-state index in [1.807, 2.05) is 54.8 Å². The van der Waals surface area contributed by atoms with Gasteiger partial charge < -0.3 is 14.6 Å². The molecule has 2 aromatic carbocycles. The van der Waals surface area contributed by atoms with E-state index >= 15 is 0 Å². The maximum Gasteiger partial charge on any atom is 0.337 e. The number of carbonyl (C=O) groups is 1. The van der Waals surface area contributed by atoms with Crippen molar-refractivity contribution in [1.82, 2.24) is 0 Å². The summed E-state index contributed by atoms with van der Waals surface area (Å²) in [5.41, 5.74) is 3.41. The molecule has 28 heavy (non-hydrogen) atoms. The minimum atomic E-state index is -0.939. The summed E-state index contributed by atoms with van der Waals surface area (Å²) in [5.74, 6) is 0.644. The van der Waals surface area contributed by atoms with E-state index in [4.69, 9.17) is 9.47 Å². The van der Waals surface area contributed by atoms with E-state index in [1.54, 1.807) is 12.1 Å². The molecule has 4 nitrogen and oxygen atoms in total. The van der Waals surface area contributed by atoms with Gasteiger partial charge in [0.1, 0.15) is 24.7 Å². The molecule has 1 N–H and O–H groups in total. The number of aliphatic carboxylic acids is 1. The lowest BCUT2D eigenvalue weighted by Gasteiger charge is -2.11. The smallest absolute Gasteiger partial charge is 0.337 e. The van der Waals surface area contributed by atoms with Crippen molar-refractivity contribution in [1.29, 1.82) is 0 Å². The Kier molecular flexibility index (Phi) is 6.50. The molecule has 0 saturated heterocycles. The Morgan fingerprint density at radius 3 is 2.43 bits per heavy atom. The van der Waals surface area contributed by atoms with E-state index in [0.29, 0.717) is 13.2 Å². The lowest BCUT2D eigenvalue weighted by Crippen LogP contribution is -2.09. The first-order valence-corrected chi connectivity index (χ1v) is 9.82. The molecule has 0 bridgehead atoms. The summed E-state index contributed by atoms with van der Waals surface area (Å²) < 4.78 is 11.5. The molecule has 0 atom stereocenters. The Labute approximate surface area is 168 Å². The van der Waals surface area contributed by atoms with Crippen molar-refractivity contribution in [3.8, 4) is 11.5 Å². The van der Waals surface area contributed by atoms with Gasteiger partial charge in [-0.05, 0) is 60.7 Å². The number of hydrogen-bond acceptors (Lipinski definition) is 4. The van der Waals surface area contributed by atoms with E-state index in [1.165, 1.54) is 16.9 Å². The number of thiophene rings is 1. The highest BCUT2D eigenvalue weighted by Crippen LogP contribution is 2.24. The monoisotopic (exact) mass is 394 g/mol. The van der Waals surface area contributed by atoms with Crippen molar-refractivity contribution >= 4 is 29.0 Å². The quantitative estimate of drug-likeness (QED) is 0.408. The van der Waals surface area contributed by atoms with Crippen molar-refractivity contribution in [3.63, 3.8) is 0 Å². The highest BCUT2D eigenvalue weighted by molar-refractivity contribution is 7.11. The Bertz CT molecular complexity index is 957. The molecule has 1 aromatic heterocycles. The number of rotatable bonds is 8. The highest BCUT2D eigenvalue weighted by atomic mass is 32.1. The summed E-state index contributed by atoms with van der Waals surface area (Å²) in [5, 5.41) is 11.3. The summed E-state index contributed by atoms with van der Waals surface area (Å²) in [6, 6.07) is 17.1. The molecule has 144 valence electrons.